The van der Waals surface area contributed by atoms with Crippen molar-refractivity contribution in [1.82, 2.24) is 0 Å². The molecule has 2 atom stereocenters. The van der Waals surface area contributed by atoms with E-state index in [0.29, 0.717) is 11.2 Å². The predicted molar refractivity (Wildman–Crippen MR) is 52.2 cm³/mol. The summed E-state index contributed by atoms with van der Waals surface area (Å²) >= 11 is 3.43. The highest BCUT2D eigenvalue weighted by Gasteiger charge is 2.25. The standard InChI is InChI=1S/C6H12N2OS2/c1-9-3-4-5(10-2)11-6(7)8-4/h5-6H,3,7H2,1-2H3. The Bertz CT molecular complexity index is 163. The Morgan fingerprint density at radius 1 is 1.82 bits per heavy atom. The topological polar surface area (TPSA) is 47.6 Å². The Morgan fingerprint density at radius 3 is 3.09 bits per heavy atom. The van der Waals surface area contributed by atoms with Gasteiger partial charge in [-0.3, -0.25) is 4.99 Å². The molecule has 0 fully saturated rings. The van der Waals surface area contributed by atoms with E-state index in [1.807, 2.05) is 0 Å². The quantitative estimate of drug-likeness (QED) is 0.717. The Balaban J connectivity index is 2.51. The maximum Gasteiger partial charge on any atom is 0.145 e. The summed E-state index contributed by atoms with van der Waals surface area (Å²) in [7, 11) is 1.68. The van der Waals surface area contributed by atoms with Gasteiger partial charge in [-0.25, -0.2) is 0 Å². The Kier molecular flexibility index (Phi) is 3.71. The van der Waals surface area contributed by atoms with Gasteiger partial charge in [0, 0.05) is 7.11 Å². The van der Waals surface area contributed by atoms with Crippen molar-refractivity contribution in [2.24, 2.45) is 10.7 Å². The first-order chi connectivity index (χ1) is 5.27. The molecule has 0 saturated heterocycles. The second-order valence-corrected chi connectivity index (χ2v) is 4.62. The van der Waals surface area contributed by atoms with E-state index in [1.54, 1.807) is 30.6 Å². The molecule has 11 heavy (non-hydrogen) atoms. The summed E-state index contributed by atoms with van der Waals surface area (Å²) in [5.74, 6) is 0. The molecule has 1 heterocycles. The summed E-state index contributed by atoms with van der Waals surface area (Å²) in [5, 5.41) is 0. The summed E-state index contributed by atoms with van der Waals surface area (Å²) in [6.07, 6.45) is 2.06. The Labute approximate surface area is 75.2 Å². The van der Waals surface area contributed by atoms with E-state index < -0.39 is 0 Å². The zero-order chi connectivity index (χ0) is 8.27. The van der Waals surface area contributed by atoms with Crippen LogP contribution in [0.15, 0.2) is 4.99 Å². The van der Waals surface area contributed by atoms with E-state index in [2.05, 4.69) is 11.2 Å². The molecule has 64 valence electrons. The molecule has 0 aliphatic carbocycles. The van der Waals surface area contributed by atoms with Crippen LogP contribution in [-0.4, -0.2) is 35.8 Å². The van der Waals surface area contributed by atoms with Gasteiger partial charge in [-0.15, -0.1) is 11.8 Å². The van der Waals surface area contributed by atoms with Gasteiger partial charge < -0.3 is 10.5 Å². The third kappa shape index (κ3) is 2.37. The van der Waals surface area contributed by atoms with Crippen LogP contribution in [-0.2, 0) is 4.74 Å². The third-order valence-electron chi connectivity index (χ3n) is 1.33. The molecular weight excluding hydrogens is 180 g/mol. The second-order valence-electron chi connectivity index (χ2n) is 2.15. The van der Waals surface area contributed by atoms with Gasteiger partial charge >= 0.3 is 0 Å². The smallest absolute Gasteiger partial charge is 0.145 e. The van der Waals surface area contributed by atoms with Crippen molar-refractivity contribution in [3.63, 3.8) is 0 Å². The van der Waals surface area contributed by atoms with Gasteiger partial charge in [-0.1, -0.05) is 11.8 Å². The second kappa shape index (κ2) is 4.35. The van der Waals surface area contributed by atoms with Crippen LogP contribution in [0.2, 0.25) is 0 Å². The first-order valence-electron chi connectivity index (χ1n) is 3.27. The molecule has 0 aromatic rings. The largest absolute Gasteiger partial charge is 0.379 e. The van der Waals surface area contributed by atoms with E-state index in [1.165, 1.54) is 0 Å². The molecule has 0 aromatic carbocycles. The van der Waals surface area contributed by atoms with Gasteiger partial charge in [0.25, 0.3) is 0 Å². The highest BCUT2D eigenvalue weighted by molar-refractivity contribution is 8.18. The predicted octanol–water partition coefficient (Wildman–Crippen LogP) is 0.752. The van der Waals surface area contributed by atoms with Gasteiger partial charge in [-0.05, 0) is 6.26 Å². The van der Waals surface area contributed by atoms with Crippen molar-refractivity contribution in [2.45, 2.75) is 10.1 Å². The number of methoxy groups -OCH3 is 1. The van der Waals surface area contributed by atoms with Gasteiger partial charge in [0.2, 0.25) is 0 Å². The fraction of sp³-hybridized carbons (Fsp3) is 0.833. The van der Waals surface area contributed by atoms with Gasteiger partial charge in [-0.2, -0.15) is 0 Å². The van der Waals surface area contributed by atoms with Crippen molar-refractivity contribution in [3.05, 3.63) is 0 Å². The molecule has 1 aliphatic rings. The van der Waals surface area contributed by atoms with E-state index in [9.17, 15) is 0 Å². The highest BCUT2D eigenvalue weighted by Crippen LogP contribution is 2.31. The minimum atomic E-state index is -0.0856. The molecule has 3 nitrogen and oxygen atoms in total. The van der Waals surface area contributed by atoms with Crippen molar-refractivity contribution < 1.29 is 4.74 Å². The fourth-order valence-electron chi connectivity index (χ4n) is 0.905. The molecule has 0 radical (unpaired) electrons. The zero-order valence-electron chi connectivity index (χ0n) is 6.61. The number of hydrogen-bond donors (Lipinski definition) is 1. The van der Waals surface area contributed by atoms with Crippen LogP contribution in [0.3, 0.4) is 0 Å². The number of thioether (sulfide) groups is 2. The SMILES string of the molecule is COCC1=NC(N)SC1SC. The normalized spacial score (nSPS) is 30.6. The zero-order valence-corrected chi connectivity index (χ0v) is 8.24. The number of hydrogen-bond acceptors (Lipinski definition) is 5. The maximum atomic E-state index is 5.63. The van der Waals surface area contributed by atoms with Crippen LogP contribution >= 0.6 is 23.5 Å². The maximum absolute atomic E-state index is 5.63. The summed E-state index contributed by atoms with van der Waals surface area (Å²) < 4.78 is 5.39. The van der Waals surface area contributed by atoms with Crippen LogP contribution in [0, 0.1) is 0 Å². The number of nitrogens with two attached hydrogens (primary N) is 1. The first kappa shape index (κ1) is 9.38. The summed E-state index contributed by atoms with van der Waals surface area (Å²) in [4.78, 5) is 4.24. The van der Waals surface area contributed by atoms with Crippen molar-refractivity contribution in [3.8, 4) is 0 Å². The van der Waals surface area contributed by atoms with Crippen LogP contribution in [0.25, 0.3) is 0 Å². The van der Waals surface area contributed by atoms with Gasteiger partial charge in [0.05, 0.1) is 16.9 Å². The lowest BCUT2D eigenvalue weighted by Gasteiger charge is -2.07. The number of rotatable bonds is 3. The molecule has 1 rings (SSSR count). The molecule has 0 spiro atoms. The van der Waals surface area contributed by atoms with Crippen molar-refractivity contribution in [2.75, 3.05) is 20.0 Å². The fourth-order valence-corrected chi connectivity index (χ4v) is 2.83. The molecule has 0 saturated carbocycles. The highest BCUT2D eigenvalue weighted by atomic mass is 32.2. The lowest BCUT2D eigenvalue weighted by Crippen LogP contribution is -2.14. The number of aliphatic imine (C=N–C) groups is 1. The molecule has 2 N–H and O–H groups in total. The molecule has 1 aliphatic heterocycles. The third-order valence-corrected chi connectivity index (χ3v) is 3.85. The average Bonchev–Trinajstić information content (AvgIpc) is 2.32. The molecular formula is C6H12N2OS2. The van der Waals surface area contributed by atoms with Gasteiger partial charge in [0.1, 0.15) is 5.50 Å². The first-order valence-corrected chi connectivity index (χ1v) is 5.50. The molecule has 2 unspecified atom stereocenters. The number of nitrogens with zero attached hydrogens (tertiary/aromatic N) is 1. The minimum absolute atomic E-state index is 0.0856. The van der Waals surface area contributed by atoms with E-state index in [0.717, 1.165) is 5.71 Å². The van der Waals surface area contributed by atoms with Crippen LogP contribution in [0.1, 0.15) is 0 Å². The molecule has 5 heteroatoms. The Morgan fingerprint density at radius 2 is 2.55 bits per heavy atom. The average molecular weight is 192 g/mol. The van der Waals surface area contributed by atoms with Crippen LogP contribution in [0.4, 0.5) is 0 Å². The molecule has 0 bridgehead atoms. The van der Waals surface area contributed by atoms with Crippen LogP contribution < -0.4 is 5.73 Å². The van der Waals surface area contributed by atoms with E-state index >= 15 is 0 Å². The minimum Gasteiger partial charge on any atom is -0.379 e. The lowest BCUT2D eigenvalue weighted by molar-refractivity contribution is 0.244. The summed E-state index contributed by atoms with van der Waals surface area (Å²) in [5.41, 5.74) is 6.61. The van der Waals surface area contributed by atoms with Crippen molar-refractivity contribution in [1.29, 1.82) is 0 Å². The Hall–Kier alpha value is 0.290. The van der Waals surface area contributed by atoms with Gasteiger partial charge in [0.15, 0.2) is 0 Å². The molecule has 0 amide bonds. The van der Waals surface area contributed by atoms with Crippen LogP contribution in [0.5, 0.6) is 0 Å². The van der Waals surface area contributed by atoms with Crippen molar-refractivity contribution >= 4 is 29.2 Å². The molecule has 0 aromatic heterocycles. The summed E-state index contributed by atoms with van der Waals surface area (Å²) in [6.45, 7) is 0.603. The lowest BCUT2D eigenvalue weighted by atomic mass is 10.4. The monoisotopic (exact) mass is 192 g/mol. The van der Waals surface area contributed by atoms with E-state index in [-0.39, 0.29) is 5.50 Å². The van der Waals surface area contributed by atoms with E-state index in [4.69, 9.17) is 10.5 Å². The summed E-state index contributed by atoms with van der Waals surface area (Å²) in [6, 6.07) is 0. The number of ether oxygens (including phenoxy) is 1.